The largest absolute Gasteiger partial charge is 0.497 e. The van der Waals surface area contributed by atoms with Crippen LogP contribution in [0.1, 0.15) is 30.3 Å². The Bertz CT molecular complexity index is 957. The van der Waals surface area contributed by atoms with Gasteiger partial charge in [0.15, 0.2) is 0 Å². The van der Waals surface area contributed by atoms with E-state index in [9.17, 15) is 4.79 Å². The Morgan fingerprint density at radius 2 is 2.07 bits per heavy atom. The lowest BCUT2D eigenvalue weighted by atomic mass is 10.2. The van der Waals surface area contributed by atoms with Crippen LogP contribution in [0.15, 0.2) is 59.1 Å². The van der Waals surface area contributed by atoms with Crippen molar-refractivity contribution in [3.05, 3.63) is 66.1 Å². The maximum absolute atomic E-state index is 12.7. The molecule has 7 nitrogen and oxygen atoms in total. The molecule has 7 heteroatoms. The van der Waals surface area contributed by atoms with Crippen molar-refractivity contribution in [3.8, 4) is 17.1 Å². The Labute approximate surface area is 169 Å². The van der Waals surface area contributed by atoms with Gasteiger partial charge >= 0.3 is 0 Å². The molecule has 0 saturated carbocycles. The third-order valence-corrected chi connectivity index (χ3v) is 4.96. The Hall–Kier alpha value is -3.19. The summed E-state index contributed by atoms with van der Waals surface area (Å²) in [5.74, 6) is 1.60. The molecule has 1 aliphatic rings. The van der Waals surface area contributed by atoms with Gasteiger partial charge in [0, 0.05) is 12.1 Å². The highest BCUT2D eigenvalue weighted by Crippen LogP contribution is 2.32. The number of hydrogen-bond donors (Lipinski definition) is 0. The molecule has 1 aliphatic heterocycles. The third-order valence-electron chi connectivity index (χ3n) is 4.96. The number of carbonyl (C=O) groups is 1. The molecule has 0 bridgehead atoms. The minimum Gasteiger partial charge on any atom is -0.497 e. The first-order chi connectivity index (χ1) is 14.2. The third kappa shape index (κ3) is 4.46. The molecule has 1 saturated heterocycles. The van der Waals surface area contributed by atoms with Crippen molar-refractivity contribution in [1.29, 1.82) is 0 Å². The summed E-state index contributed by atoms with van der Waals surface area (Å²) in [6.07, 6.45) is 1.69. The number of amides is 1. The van der Waals surface area contributed by atoms with Crippen LogP contribution >= 0.6 is 0 Å². The second-order valence-corrected chi connectivity index (χ2v) is 6.91. The average Bonchev–Trinajstić information content (AvgIpc) is 3.44. The number of carbonyl (C=O) groups excluding carboxylic acids is 1. The van der Waals surface area contributed by atoms with Crippen molar-refractivity contribution >= 4 is 5.91 Å². The highest BCUT2D eigenvalue weighted by atomic mass is 16.5. The van der Waals surface area contributed by atoms with E-state index < -0.39 is 0 Å². The lowest BCUT2D eigenvalue weighted by molar-refractivity contribution is -0.138. The molecule has 1 amide bonds. The Morgan fingerprint density at radius 1 is 1.21 bits per heavy atom. The summed E-state index contributed by atoms with van der Waals surface area (Å²) in [5, 5.41) is 4.09. The Balaban J connectivity index is 1.40. The highest BCUT2D eigenvalue weighted by Gasteiger charge is 2.34. The number of rotatable bonds is 7. The van der Waals surface area contributed by atoms with Gasteiger partial charge < -0.3 is 18.9 Å². The van der Waals surface area contributed by atoms with E-state index in [1.165, 1.54) is 0 Å². The van der Waals surface area contributed by atoms with Crippen LogP contribution in [0.4, 0.5) is 0 Å². The number of hydrogen-bond acceptors (Lipinski definition) is 6. The van der Waals surface area contributed by atoms with E-state index in [-0.39, 0.29) is 18.6 Å². The normalized spacial score (nSPS) is 16.2. The van der Waals surface area contributed by atoms with Crippen molar-refractivity contribution in [2.75, 3.05) is 20.3 Å². The van der Waals surface area contributed by atoms with E-state index in [2.05, 4.69) is 10.1 Å². The SMILES string of the molecule is COc1cccc(-c2noc([C@@H]3CCCN3C(=O)COCc3ccccc3)n2)c1. The minimum absolute atomic E-state index is 0.0300. The summed E-state index contributed by atoms with van der Waals surface area (Å²) in [4.78, 5) is 19.0. The van der Waals surface area contributed by atoms with Crippen LogP contribution in [0, 0.1) is 0 Å². The molecule has 3 aromatic rings. The van der Waals surface area contributed by atoms with Crippen LogP contribution in [0.25, 0.3) is 11.4 Å². The molecule has 1 fully saturated rings. The van der Waals surface area contributed by atoms with Gasteiger partial charge in [0.2, 0.25) is 17.6 Å². The molecular weight excluding hydrogens is 370 g/mol. The maximum Gasteiger partial charge on any atom is 0.249 e. The fourth-order valence-electron chi connectivity index (χ4n) is 3.49. The Kier molecular flexibility index (Phi) is 5.86. The van der Waals surface area contributed by atoms with Crippen molar-refractivity contribution in [3.63, 3.8) is 0 Å². The number of ether oxygens (including phenoxy) is 2. The zero-order valence-electron chi connectivity index (χ0n) is 16.3. The first kappa shape index (κ1) is 19.1. The molecule has 0 radical (unpaired) electrons. The van der Waals surface area contributed by atoms with Crippen molar-refractivity contribution in [1.82, 2.24) is 15.0 Å². The molecule has 0 N–H and O–H groups in total. The zero-order valence-corrected chi connectivity index (χ0v) is 16.3. The molecule has 0 unspecified atom stereocenters. The zero-order chi connectivity index (χ0) is 20.1. The lowest BCUT2D eigenvalue weighted by Crippen LogP contribution is -2.33. The summed E-state index contributed by atoms with van der Waals surface area (Å²) in [6, 6.07) is 17.1. The molecule has 2 heterocycles. The van der Waals surface area contributed by atoms with Crippen molar-refractivity contribution in [2.45, 2.75) is 25.5 Å². The average molecular weight is 393 g/mol. The van der Waals surface area contributed by atoms with Crippen LogP contribution in [0.5, 0.6) is 5.75 Å². The molecule has 0 aliphatic carbocycles. The second kappa shape index (κ2) is 8.87. The summed E-state index contributed by atoms with van der Waals surface area (Å²) in [5.41, 5.74) is 1.85. The summed E-state index contributed by atoms with van der Waals surface area (Å²) >= 11 is 0. The number of nitrogens with zero attached hydrogens (tertiary/aromatic N) is 3. The lowest BCUT2D eigenvalue weighted by Gasteiger charge is -2.21. The fraction of sp³-hybridized carbons (Fsp3) is 0.318. The standard InChI is InChI=1S/C22H23N3O4/c1-27-18-10-5-9-17(13-18)21-23-22(29-24-21)19-11-6-12-25(19)20(26)15-28-14-16-7-3-2-4-8-16/h2-5,7-10,13,19H,6,11-12,14-15H2,1H3/t19-/m0/s1. The monoisotopic (exact) mass is 393 g/mol. The topological polar surface area (TPSA) is 77.7 Å². The predicted octanol–water partition coefficient (Wildman–Crippen LogP) is 3.63. The van der Waals surface area contributed by atoms with E-state index in [0.29, 0.717) is 24.9 Å². The molecule has 4 rings (SSSR count). The number of methoxy groups -OCH3 is 1. The van der Waals surface area contributed by atoms with Crippen LogP contribution in [-0.2, 0) is 16.1 Å². The van der Waals surface area contributed by atoms with Crippen molar-refractivity contribution in [2.24, 2.45) is 0 Å². The van der Waals surface area contributed by atoms with E-state index in [0.717, 1.165) is 29.7 Å². The van der Waals surface area contributed by atoms with Crippen LogP contribution < -0.4 is 4.74 Å². The molecule has 1 atom stereocenters. The van der Waals surface area contributed by atoms with Gasteiger partial charge in [-0.05, 0) is 30.5 Å². The van der Waals surface area contributed by atoms with Gasteiger partial charge in [-0.2, -0.15) is 4.98 Å². The van der Waals surface area contributed by atoms with E-state index in [1.807, 2.05) is 54.6 Å². The molecule has 1 aromatic heterocycles. The Morgan fingerprint density at radius 3 is 2.90 bits per heavy atom. The van der Waals surface area contributed by atoms with Gasteiger partial charge in [0.1, 0.15) is 18.4 Å². The molecule has 0 spiro atoms. The van der Waals surface area contributed by atoms with Gasteiger partial charge in [-0.25, -0.2) is 0 Å². The molecule has 2 aromatic carbocycles. The highest BCUT2D eigenvalue weighted by molar-refractivity contribution is 5.78. The summed E-state index contributed by atoms with van der Waals surface area (Å²) in [7, 11) is 1.61. The van der Waals surface area contributed by atoms with Crippen LogP contribution in [0.2, 0.25) is 0 Å². The minimum atomic E-state index is -0.213. The molecule has 150 valence electrons. The second-order valence-electron chi connectivity index (χ2n) is 6.91. The summed E-state index contributed by atoms with van der Waals surface area (Å²) in [6.45, 7) is 1.10. The molecule has 29 heavy (non-hydrogen) atoms. The smallest absolute Gasteiger partial charge is 0.249 e. The maximum atomic E-state index is 12.7. The van der Waals surface area contributed by atoms with E-state index in [4.69, 9.17) is 14.0 Å². The van der Waals surface area contributed by atoms with E-state index >= 15 is 0 Å². The van der Waals surface area contributed by atoms with Gasteiger partial charge in [-0.3, -0.25) is 4.79 Å². The van der Waals surface area contributed by atoms with Crippen molar-refractivity contribution < 1.29 is 18.8 Å². The first-order valence-corrected chi connectivity index (χ1v) is 9.64. The summed E-state index contributed by atoms with van der Waals surface area (Å²) < 4.78 is 16.3. The van der Waals surface area contributed by atoms with Gasteiger partial charge in [-0.15, -0.1) is 0 Å². The number of aromatic nitrogens is 2. The van der Waals surface area contributed by atoms with Gasteiger partial charge in [-0.1, -0.05) is 47.6 Å². The van der Waals surface area contributed by atoms with Gasteiger partial charge in [0.05, 0.1) is 13.7 Å². The predicted molar refractivity (Wildman–Crippen MR) is 106 cm³/mol. The van der Waals surface area contributed by atoms with Gasteiger partial charge in [0.25, 0.3) is 0 Å². The quantitative estimate of drug-likeness (QED) is 0.610. The van der Waals surface area contributed by atoms with Crippen LogP contribution in [0.3, 0.4) is 0 Å². The number of benzene rings is 2. The first-order valence-electron chi connectivity index (χ1n) is 9.64. The van der Waals surface area contributed by atoms with Crippen LogP contribution in [-0.4, -0.2) is 41.2 Å². The fourth-order valence-corrected chi connectivity index (χ4v) is 3.49. The van der Waals surface area contributed by atoms with E-state index in [1.54, 1.807) is 12.0 Å². The molecular formula is C22H23N3O4. The number of likely N-dealkylation sites (tertiary alicyclic amines) is 1.